The largest absolute Gasteiger partial charge is 0.493 e. The van der Waals surface area contributed by atoms with Crippen molar-refractivity contribution >= 4 is 17.7 Å². The lowest BCUT2D eigenvalue weighted by molar-refractivity contribution is -0.119. The summed E-state index contributed by atoms with van der Waals surface area (Å²) in [6.45, 7) is 0.598. The molecule has 1 atom stereocenters. The van der Waals surface area contributed by atoms with E-state index in [1.54, 1.807) is 0 Å². The van der Waals surface area contributed by atoms with E-state index < -0.39 is 0 Å². The van der Waals surface area contributed by atoms with Gasteiger partial charge >= 0.3 is 0 Å². The molecule has 6 nitrogen and oxygen atoms in total. The highest BCUT2D eigenvalue weighted by molar-refractivity contribution is 7.99. The molecule has 1 aliphatic heterocycles. The van der Waals surface area contributed by atoms with Gasteiger partial charge in [0, 0.05) is 24.1 Å². The fraction of sp³-hybridized carbons (Fsp3) is 0.192. The lowest BCUT2D eigenvalue weighted by atomic mass is 10.0. The quantitative estimate of drug-likeness (QED) is 0.412. The number of benzene rings is 3. The van der Waals surface area contributed by atoms with Gasteiger partial charge in [-0.15, -0.1) is 10.2 Å². The second-order valence-corrected chi connectivity index (χ2v) is 8.76. The van der Waals surface area contributed by atoms with Crippen molar-refractivity contribution in [1.82, 2.24) is 20.1 Å². The van der Waals surface area contributed by atoms with Crippen molar-refractivity contribution in [2.75, 3.05) is 12.4 Å². The molecule has 2 heterocycles. The first kappa shape index (κ1) is 21.3. The number of carbonyl (C=O) groups excluding carboxylic acids is 1. The minimum Gasteiger partial charge on any atom is -0.493 e. The van der Waals surface area contributed by atoms with Gasteiger partial charge in [-0.05, 0) is 23.8 Å². The Morgan fingerprint density at radius 3 is 2.52 bits per heavy atom. The number of hydrogen-bond donors (Lipinski definition) is 1. The SMILES string of the molecule is O=C(CSc1nnc(Cc2ccccc2)n1-c1ccccc1)N[C@@H]1CCOc2ccccc21. The smallest absolute Gasteiger partial charge is 0.230 e. The Kier molecular flexibility index (Phi) is 6.39. The van der Waals surface area contributed by atoms with Crippen LogP contribution in [0.3, 0.4) is 0 Å². The maximum atomic E-state index is 12.8. The summed E-state index contributed by atoms with van der Waals surface area (Å²) in [7, 11) is 0. The van der Waals surface area contributed by atoms with Crippen LogP contribution in [0.1, 0.15) is 29.4 Å². The van der Waals surface area contributed by atoms with Gasteiger partial charge in [-0.2, -0.15) is 0 Å². The van der Waals surface area contributed by atoms with Crippen molar-refractivity contribution in [2.24, 2.45) is 0 Å². The summed E-state index contributed by atoms with van der Waals surface area (Å²) in [5.41, 5.74) is 3.17. The Hall–Kier alpha value is -3.58. The van der Waals surface area contributed by atoms with Crippen LogP contribution in [-0.2, 0) is 11.2 Å². The molecule has 1 N–H and O–H groups in total. The van der Waals surface area contributed by atoms with Gasteiger partial charge in [-0.25, -0.2) is 0 Å². The van der Waals surface area contributed by atoms with E-state index in [4.69, 9.17) is 4.74 Å². The van der Waals surface area contributed by atoms with E-state index in [1.165, 1.54) is 11.8 Å². The highest BCUT2D eigenvalue weighted by atomic mass is 32.2. The maximum Gasteiger partial charge on any atom is 0.230 e. The van der Waals surface area contributed by atoms with Gasteiger partial charge in [0.05, 0.1) is 18.4 Å². The second-order valence-electron chi connectivity index (χ2n) is 7.82. The number of hydrogen-bond acceptors (Lipinski definition) is 5. The highest BCUT2D eigenvalue weighted by Crippen LogP contribution is 2.31. The van der Waals surface area contributed by atoms with E-state index in [1.807, 2.05) is 77.4 Å². The van der Waals surface area contributed by atoms with Crippen molar-refractivity contribution in [3.63, 3.8) is 0 Å². The van der Waals surface area contributed by atoms with Crippen molar-refractivity contribution in [3.8, 4) is 11.4 Å². The summed E-state index contributed by atoms with van der Waals surface area (Å²) in [6, 6.07) is 28.1. The van der Waals surface area contributed by atoms with Gasteiger partial charge in [0.15, 0.2) is 5.16 Å². The van der Waals surface area contributed by atoms with Crippen LogP contribution in [0.2, 0.25) is 0 Å². The van der Waals surface area contributed by atoms with Crippen LogP contribution >= 0.6 is 11.8 Å². The van der Waals surface area contributed by atoms with E-state index in [0.717, 1.165) is 34.8 Å². The van der Waals surface area contributed by atoms with Gasteiger partial charge in [0.2, 0.25) is 5.91 Å². The number of para-hydroxylation sites is 2. The monoisotopic (exact) mass is 456 g/mol. The zero-order valence-electron chi connectivity index (χ0n) is 18.1. The zero-order chi connectivity index (χ0) is 22.5. The molecule has 0 saturated carbocycles. The predicted molar refractivity (Wildman–Crippen MR) is 129 cm³/mol. The first-order valence-corrected chi connectivity index (χ1v) is 11.9. The number of rotatable bonds is 7. The van der Waals surface area contributed by atoms with Gasteiger partial charge in [-0.3, -0.25) is 9.36 Å². The van der Waals surface area contributed by atoms with Crippen LogP contribution in [0.5, 0.6) is 5.75 Å². The second kappa shape index (κ2) is 9.92. The zero-order valence-corrected chi connectivity index (χ0v) is 18.9. The molecule has 0 saturated heterocycles. The standard InChI is InChI=1S/C26H24N4O2S/c31-25(27-22-15-16-32-23-14-8-7-13-21(22)23)18-33-26-29-28-24(17-19-9-3-1-4-10-19)30(26)20-11-5-2-6-12-20/h1-14,22H,15-18H2,(H,27,31)/t22-/m1/s1. The summed E-state index contributed by atoms with van der Waals surface area (Å²) in [5.74, 6) is 1.91. The van der Waals surface area contributed by atoms with Crippen LogP contribution in [-0.4, -0.2) is 33.0 Å². The van der Waals surface area contributed by atoms with Gasteiger partial charge in [0.1, 0.15) is 11.6 Å². The van der Waals surface area contributed by atoms with E-state index in [-0.39, 0.29) is 17.7 Å². The third-order valence-corrected chi connectivity index (χ3v) is 6.47. The minimum absolute atomic E-state index is 0.0334. The summed E-state index contributed by atoms with van der Waals surface area (Å²) >= 11 is 1.40. The Morgan fingerprint density at radius 2 is 1.70 bits per heavy atom. The number of aromatic nitrogens is 3. The molecule has 0 unspecified atom stereocenters. The van der Waals surface area contributed by atoms with Crippen molar-refractivity contribution in [1.29, 1.82) is 0 Å². The summed E-state index contributed by atoms with van der Waals surface area (Å²) in [6.07, 6.45) is 1.42. The maximum absolute atomic E-state index is 12.8. The van der Waals surface area contributed by atoms with Crippen molar-refractivity contribution < 1.29 is 9.53 Å². The Morgan fingerprint density at radius 1 is 0.970 bits per heavy atom. The van der Waals surface area contributed by atoms with E-state index in [0.29, 0.717) is 18.2 Å². The Bertz CT molecular complexity index is 1230. The number of thioether (sulfide) groups is 1. The number of nitrogens with one attached hydrogen (secondary N) is 1. The van der Waals surface area contributed by atoms with Gasteiger partial charge < -0.3 is 10.1 Å². The van der Waals surface area contributed by atoms with Gasteiger partial charge in [-0.1, -0.05) is 78.5 Å². The number of amides is 1. The average Bonchev–Trinajstić information content (AvgIpc) is 3.26. The first-order valence-electron chi connectivity index (χ1n) is 11.0. The van der Waals surface area contributed by atoms with E-state index >= 15 is 0 Å². The molecule has 4 aromatic rings. The van der Waals surface area contributed by atoms with Crippen molar-refractivity contribution in [2.45, 2.75) is 24.0 Å². The van der Waals surface area contributed by atoms with Crippen LogP contribution in [0, 0.1) is 0 Å². The normalized spacial score (nSPS) is 14.8. The summed E-state index contributed by atoms with van der Waals surface area (Å²) in [5, 5.41) is 12.7. The van der Waals surface area contributed by atoms with Crippen LogP contribution < -0.4 is 10.1 Å². The molecule has 0 fully saturated rings. The van der Waals surface area contributed by atoms with Crippen LogP contribution in [0.4, 0.5) is 0 Å². The summed E-state index contributed by atoms with van der Waals surface area (Å²) in [4.78, 5) is 12.8. The molecule has 1 aliphatic rings. The number of fused-ring (bicyclic) bond motifs is 1. The molecule has 0 aliphatic carbocycles. The fourth-order valence-electron chi connectivity index (χ4n) is 3.98. The molecule has 3 aromatic carbocycles. The molecule has 0 bridgehead atoms. The molecule has 5 rings (SSSR count). The molecule has 7 heteroatoms. The topological polar surface area (TPSA) is 69.0 Å². The first-order chi connectivity index (χ1) is 16.3. The molecule has 1 amide bonds. The third-order valence-electron chi connectivity index (χ3n) is 5.55. The summed E-state index contributed by atoms with van der Waals surface area (Å²) < 4.78 is 7.74. The number of nitrogens with zero attached hydrogens (tertiary/aromatic N) is 3. The minimum atomic E-state index is -0.0383. The molecule has 1 aromatic heterocycles. The fourth-order valence-corrected chi connectivity index (χ4v) is 4.76. The molecule has 0 radical (unpaired) electrons. The third kappa shape index (κ3) is 4.93. The predicted octanol–water partition coefficient (Wildman–Crippen LogP) is 4.59. The van der Waals surface area contributed by atoms with Crippen molar-refractivity contribution in [3.05, 3.63) is 102 Å². The highest BCUT2D eigenvalue weighted by Gasteiger charge is 2.23. The Balaban J connectivity index is 1.32. The average molecular weight is 457 g/mol. The van der Waals surface area contributed by atoms with Gasteiger partial charge in [0.25, 0.3) is 0 Å². The number of ether oxygens (including phenoxy) is 1. The number of carbonyl (C=O) groups is 1. The molecule has 0 spiro atoms. The molecule has 33 heavy (non-hydrogen) atoms. The lowest BCUT2D eigenvalue weighted by Gasteiger charge is -2.26. The molecule has 166 valence electrons. The van der Waals surface area contributed by atoms with Crippen LogP contribution in [0.15, 0.2) is 90.1 Å². The van der Waals surface area contributed by atoms with E-state index in [9.17, 15) is 4.79 Å². The molecular weight excluding hydrogens is 432 g/mol. The Labute approximate surface area is 197 Å². The van der Waals surface area contributed by atoms with Crippen LogP contribution in [0.25, 0.3) is 5.69 Å². The molecular formula is C26H24N4O2S. The lowest BCUT2D eigenvalue weighted by Crippen LogP contribution is -2.33. The van der Waals surface area contributed by atoms with E-state index in [2.05, 4.69) is 27.6 Å².